The van der Waals surface area contributed by atoms with Crippen molar-refractivity contribution in [3.8, 4) is 0 Å². The third-order valence-corrected chi connectivity index (χ3v) is 2.66. The quantitative estimate of drug-likeness (QED) is 0.552. The van der Waals surface area contributed by atoms with E-state index in [2.05, 4.69) is 60.4 Å². The van der Waals surface area contributed by atoms with Crippen LogP contribution in [0.3, 0.4) is 0 Å². The second kappa shape index (κ2) is 5.97. The largest absolute Gasteiger partial charge is 0.246 e. The average Bonchev–Trinajstić information content (AvgIpc) is 2.14. The Balaban J connectivity index is 3.44. The van der Waals surface area contributed by atoms with Gasteiger partial charge in [0.1, 0.15) is 0 Å². The molecule has 1 rings (SSSR count). The maximum absolute atomic E-state index is 4.51. The van der Waals surface area contributed by atoms with E-state index < -0.39 is 0 Å². The van der Waals surface area contributed by atoms with Gasteiger partial charge >= 0.3 is 0 Å². The van der Waals surface area contributed by atoms with E-state index in [1.807, 2.05) is 13.0 Å². The first-order valence-corrected chi connectivity index (χ1v) is 6.36. The van der Waals surface area contributed by atoms with Crippen LogP contribution in [-0.2, 0) is 0 Å². The van der Waals surface area contributed by atoms with Gasteiger partial charge in [0, 0.05) is 5.56 Å². The number of aryl methyl sites for hydroxylation is 3. The highest BCUT2D eigenvalue weighted by Crippen LogP contribution is 2.26. The predicted molar refractivity (Wildman–Crippen MR) is 80.9 cm³/mol. The summed E-state index contributed by atoms with van der Waals surface area (Å²) in [6, 6.07) is 4.36. The summed E-state index contributed by atoms with van der Waals surface area (Å²) in [5.74, 6) is 0. The molecule has 0 bridgehead atoms. The molecule has 0 fully saturated rings. The molecule has 0 atom stereocenters. The van der Waals surface area contributed by atoms with E-state index in [4.69, 9.17) is 0 Å². The molecule has 90 valence electrons. The zero-order chi connectivity index (χ0) is 13.0. The maximum atomic E-state index is 4.51. The van der Waals surface area contributed by atoms with Crippen molar-refractivity contribution in [3.63, 3.8) is 0 Å². The van der Waals surface area contributed by atoms with Gasteiger partial charge in [-0.05, 0) is 60.8 Å². The molecule has 0 aromatic heterocycles. The fourth-order valence-electron chi connectivity index (χ4n) is 2.04. The molecular formula is C15H18BrN. The molecule has 1 nitrogen and oxygen atoms in total. The van der Waals surface area contributed by atoms with E-state index >= 15 is 0 Å². The number of nitrogens with zero attached hydrogens (tertiary/aromatic N) is 1. The zero-order valence-electron chi connectivity index (χ0n) is 10.8. The third-order valence-electron chi connectivity index (χ3n) is 2.48. The van der Waals surface area contributed by atoms with Crippen LogP contribution in [0.25, 0.3) is 5.70 Å². The molecule has 2 heteroatoms. The fraction of sp³-hybridized carbons (Fsp3) is 0.267. The number of halogens is 1. The molecule has 1 aromatic carbocycles. The van der Waals surface area contributed by atoms with Gasteiger partial charge in [0.2, 0.25) is 0 Å². The van der Waals surface area contributed by atoms with E-state index in [0.29, 0.717) is 0 Å². The Morgan fingerprint density at radius 3 is 2.18 bits per heavy atom. The van der Waals surface area contributed by atoms with Crippen LogP contribution in [0.5, 0.6) is 0 Å². The first-order chi connectivity index (χ1) is 7.95. The highest BCUT2D eigenvalue weighted by molar-refractivity contribution is 9.18. The van der Waals surface area contributed by atoms with E-state index in [1.165, 1.54) is 22.3 Å². The molecule has 0 radical (unpaired) electrons. The molecule has 0 amide bonds. The summed E-state index contributed by atoms with van der Waals surface area (Å²) in [5.41, 5.74) is 5.90. The maximum Gasteiger partial charge on any atom is 0.0805 e. The minimum absolute atomic E-state index is 0.866. The Labute approximate surface area is 112 Å². The van der Waals surface area contributed by atoms with Gasteiger partial charge < -0.3 is 0 Å². The van der Waals surface area contributed by atoms with E-state index in [9.17, 15) is 0 Å². The monoisotopic (exact) mass is 291 g/mol. The molecule has 0 unspecified atom stereocenters. The predicted octanol–water partition coefficient (Wildman–Crippen LogP) is 4.95. The lowest BCUT2D eigenvalue weighted by Gasteiger charge is -2.11. The molecule has 0 saturated heterocycles. The normalized spacial score (nSPS) is 12.8. The molecule has 0 heterocycles. The van der Waals surface area contributed by atoms with Gasteiger partial charge in [-0.25, -0.2) is 4.99 Å². The third kappa shape index (κ3) is 3.67. The van der Waals surface area contributed by atoms with Crippen molar-refractivity contribution < 1.29 is 0 Å². The number of hydrogen-bond donors (Lipinski definition) is 0. The van der Waals surface area contributed by atoms with Crippen LogP contribution in [0.2, 0.25) is 0 Å². The molecule has 1 aromatic rings. The minimum atomic E-state index is 0.866. The lowest BCUT2D eigenvalue weighted by Crippen LogP contribution is -1.94. The number of aliphatic imine (C=N–C) groups is 1. The van der Waals surface area contributed by atoms with E-state index in [1.54, 1.807) is 6.08 Å². The molecule has 0 N–H and O–H groups in total. The molecule has 0 aliphatic carbocycles. The fourth-order valence-corrected chi connectivity index (χ4v) is 2.23. The molecule has 17 heavy (non-hydrogen) atoms. The number of benzene rings is 1. The van der Waals surface area contributed by atoms with Crippen LogP contribution in [0, 0.1) is 20.8 Å². The molecule has 0 saturated carbocycles. The molecule has 0 spiro atoms. The minimum Gasteiger partial charge on any atom is -0.246 e. The Morgan fingerprint density at radius 1 is 1.24 bits per heavy atom. The zero-order valence-corrected chi connectivity index (χ0v) is 12.4. The summed E-state index contributed by atoms with van der Waals surface area (Å²) in [6.07, 6.45) is 3.71. The summed E-state index contributed by atoms with van der Waals surface area (Å²) < 4.78 is 0.866. The summed E-state index contributed by atoms with van der Waals surface area (Å²) in [4.78, 5) is 4.51. The SMILES string of the molecule is C=C/C=C(\N=C(/C)Br)c1c(C)cc(C)cc1C. The second-order valence-corrected chi connectivity index (χ2v) is 5.32. The molecular weight excluding hydrogens is 274 g/mol. The summed E-state index contributed by atoms with van der Waals surface area (Å²) >= 11 is 3.38. The van der Waals surface area contributed by atoms with Crippen molar-refractivity contribution in [1.29, 1.82) is 0 Å². The Morgan fingerprint density at radius 2 is 1.76 bits per heavy atom. The smallest absolute Gasteiger partial charge is 0.0805 e. The lowest BCUT2D eigenvalue weighted by molar-refractivity contribution is 1.27. The van der Waals surface area contributed by atoms with Crippen LogP contribution in [0.1, 0.15) is 29.2 Å². The summed E-state index contributed by atoms with van der Waals surface area (Å²) in [5, 5.41) is 0. The van der Waals surface area contributed by atoms with E-state index in [0.717, 1.165) is 10.3 Å². The van der Waals surface area contributed by atoms with E-state index in [-0.39, 0.29) is 0 Å². The van der Waals surface area contributed by atoms with Gasteiger partial charge in [-0.15, -0.1) is 0 Å². The Bertz CT molecular complexity index is 469. The highest BCUT2D eigenvalue weighted by atomic mass is 79.9. The van der Waals surface area contributed by atoms with Gasteiger partial charge in [-0.3, -0.25) is 0 Å². The Hall–Kier alpha value is -1.15. The summed E-state index contributed by atoms with van der Waals surface area (Å²) in [7, 11) is 0. The van der Waals surface area contributed by atoms with Crippen LogP contribution in [0.4, 0.5) is 0 Å². The van der Waals surface area contributed by atoms with Crippen LogP contribution < -0.4 is 0 Å². The number of allylic oxidation sites excluding steroid dienone is 2. The van der Waals surface area contributed by atoms with Gasteiger partial charge in [-0.2, -0.15) is 0 Å². The first-order valence-electron chi connectivity index (χ1n) is 5.57. The first kappa shape index (κ1) is 13.9. The van der Waals surface area contributed by atoms with Crippen LogP contribution >= 0.6 is 15.9 Å². The van der Waals surface area contributed by atoms with Crippen molar-refractivity contribution in [1.82, 2.24) is 0 Å². The van der Waals surface area contributed by atoms with Crippen LogP contribution in [-0.4, -0.2) is 4.62 Å². The van der Waals surface area contributed by atoms with Crippen molar-refractivity contribution in [2.75, 3.05) is 0 Å². The van der Waals surface area contributed by atoms with Crippen molar-refractivity contribution in [3.05, 3.63) is 53.1 Å². The average molecular weight is 292 g/mol. The number of hydrogen-bond acceptors (Lipinski definition) is 1. The van der Waals surface area contributed by atoms with Gasteiger partial charge in [0.05, 0.1) is 10.3 Å². The van der Waals surface area contributed by atoms with Crippen LogP contribution in [0.15, 0.2) is 35.9 Å². The second-order valence-electron chi connectivity index (χ2n) is 4.17. The summed E-state index contributed by atoms with van der Waals surface area (Å²) in [6.45, 7) is 12.0. The highest BCUT2D eigenvalue weighted by Gasteiger charge is 2.08. The lowest BCUT2D eigenvalue weighted by atomic mass is 9.97. The number of rotatable bonds is 3. The molecule has 0 aliphatic heterocycles. The van der Waals surface area contributed by atoms with Crippen molar-refractivity contribution in [2.45, 2.75) is 27.7 Å². The van der Waals surface area contributed by atoms with Gasteiger partial charge in [-0.1, -0.05) is 30.4 Å². The molecule has 0 aliphatic rings. The van der Waals surface area contributed by atoms with Gasteiger partial charge in [0.15, 0.2) is 0 Å². The standard InChI is InChI=1S/C15H18BrN/c1-6-7-14(17-13(5)16)15-11(3)8-10(2)9-12(15)4/h6-9H,1H2,2-5H3/b14-7-,17-13+. The van der Waals surface area contributed by atoms with Gasteiger partial charge in [0.25, 0.3) is 0 Å². The topological polar surface area (TPSA) is 12.4 Å². The van der Waals surface area contributed by atoms with Crippen molar-refractivity contribution in [2.24, 2.45) is 4.99 Å². The Kier molecular flexibility index (Phi) is 4.88. The van der Waals surface area contributed by atoms with Crippen molar-refractivity contribution >= 4 is 26.2 Å².